The monoisotopic (exact) mass is 301 g/mol. The summed E-state index contributed by atoms with van der Waals surface area (Å²) in [6.07, 6.45) is 5.19. The largest absolute Gasteiger partial charge is 0.382 e. The van der Waals surface area contributed by atoms with Crippen LogP contribution in [-0.4, -0.2) is 28.7 Å². The van der Waals surface area contributed by atoms with E-state index < -0.39 is 11.0 Å². The van der Waals surface area contributed by atoms with Crippen molar-refractivity contribution in [3.8, 4) is 0 Å². The Balaban J connectivity index is 1.67. The zero-order valence-electron chi connectivity index (χ0n) is 11.8. The summed E-state index contributed by atoms with van der Waals surface area (Å²) in [5.41, 5.74) is 0.785. The number of para-hydroxylation sites is 1. The van der Waals surface area contributed by atoms with E-state index in [9.17, 15) is 14.9 Å². The highest BCUT2D eigenvalue weighted by Crippen LogP contribution is 2.24. The van der Waals surface area contributed by atoms with Crippen molar-refractivity contribution in [2.75, 3.05) is 0 Å². The molecule has 0 bridgehead atoms. The summed E-state index contributed by atoms with van der Waals surface area (Å²) in [6, 6.07) is 6.42. The van der Waals surface area contributed by atoms with Crippen molar-refractivity contribution in [1.82, 2.24) is 5.32 Å². The number of nitro groups is 1. The molecular formula is C15H15N3O4. The Hall–Kier alpha value is -2.70. The molecule has 7 heteroatoms. The summed E-state index contributed by atoms with van der Waals surface area (Å²) in [6.45, 7) is 0. The first-order chi connectivity index (χ1) is 10.6. The van der Waals surface area contributed by atoms with Gasteiger partial charge >= 0.3 is 0 Å². The molecule has 0 radical (unpaired) electrons. The number of oxime groups is 1. The molecular weight excluding hydrogens is 286 g/mol. The minimum atomic E-state index is -0.726. The molecule has 0 saturated carbocycles. The maximum Gasteiger partial charge on any atom is 0.278 e. The molecule has 1 aliphatic carbocycles. The van der Waals surface area contributed by atoms with Crippen molar-refractivity contribution in [3.05, 3.63) is 52.1 Å². The minimum Gasteiger partial charge on any atom is -0.382 e. The number of carbonyl (C=O) groups excluding carboxylic acids is 1. The highest BCUT2D eigenvalue weighted by molar-refractivity contribution is 6.06. The second kappa shape index (κ2) is 5.97. The molecule has 0 aromatic heterocycles. The van der Waals surface area contributed by atoms with Crippen LogP contribution in [0.15, 0.2) is 41.6 Å². The number of amides is 1. The maximum atomic E-state index is 12.1. The normalized spacial score (nSPS) is 20.5. The second-order valence-electron chi connectivity index (χ2n) is 5.26. The molecule has 1 atom stereocenters. The van der Waals surface area contributed by atoms with E-state index in [1.54, 1.807) is 18.2 Å². The van der Waals surface area contributed by atoms with Gasteiger partial charge in [-0.05, 0) is 18.9 Å². The van der Waals surface area contributed by atoms with Gasteiger partial charge in [0, 0.05) is 18.5 Å². The lowest BCUT2D eigenvalue weighted by Crippen LogP contribution is -2.40. The molecule has 7 nitrogen and oxygen atoms in total. The van der Waals surface area contributed by atoms with Crippen molar-refractivity contribution < 1.29 is 14.6 Å². The summed E-state index contributed by atoms with van der Waals surface area (Å²) in [4.78, 5) is 27.9. The van der Waals surface area contributed by atoms with Crippen molar-refractivity contribution in [2.24, 2.45) is 5.16 Å². The fourth-order valence-electron chi connectivity index (χ4n) is 2.58. The molecule has 1 amide bonds. The highest BCUT2D eigenvalue weighted by atomic mass is 16.6. The molecule has 1 N–H and O–H groups in total. The summed E-state index contributed by atoms with van der Waals surface area (Å²) >= 11 is 0. The van der Waals surface area contributed by atoms with Crippen LogP contribution in [0.5, 0.6) is 0 Å². The van der Waals surface area contributed by atoms with Crippen LogP contribution in [0.25, 0.3) is 0 Å². The Labute approximate surface area is 126 Å². The fraction of sp³-hybridized carbons (Fsp3) is 0.333. The van der Waals surface area contributed by atoms with Gasteiger partial charge in [-0.3, -0.25) is 14.9 Å². The fourth-order valence-corrected chi connectivity index (χ4v) is 2.58. The van der Waals surface area contributed by atoms with Crippen molar-refractivity contribution in [3.63, 3.8) is 0 Å². The number of hydrogen-bond donors (Lipinski definition) is 1. The predicted molar refractivity (Wildman–Crippen MR) is 79.4 cm³/mol. The molecule has 2 aliphatic rings. The first kappa shape index (κ1) is 14.2. The third kappa shape index (κ3) is 2.83. The average molecular weight is 301 g/mol. The maximum absolute atomic E-state index is 12.1. The highest BCUT2D eigenvalue weighted by Gasteiger charge is 2.32. The molecule has 0 fully saturated rings. The topological polar surface area (TPSA) is 93.8 Å². The number of nitrogens with one attached hydrogen (secondary N) is 1. The van der Waals surface area contributed by atoms with Gasteiger partial charge in [0.1, 0.15) is 0 Å². The van der Waals surface area contributed by atoms with Crippen LogP contribution in [0.4, 0.5) is 5.69 Å². The molecule has 3 rings (SSSR count). The van der Waals surface area contributed by atoms with Crippen LogP contribution in [0, 0.1) is 10.1 Å². The van der Waals surface area contributed by atoms with Crippen LogP contribution < -0.4 is 5.32 Å². The van der Waals surface area contributed by atoms with E-state index in [4.69, 9.17) is 4.84 Å². The molecule has 0 unspecified atom stereocenters. The number of nitrogens with zero attached hydrogens (tertiary/aromatic N) is 2. The Morgan fingerprint density at radius 1 is 1.32 bits per heavy atom. The SMILES string of the molecule is O=C(NC1CC=CC1)[C@H]1CC(c2ccccc2[N+](=O)[O-])=NO1. The lowest BCUT2D eigenvalue weighted by atomic mass is 10.0. The summed E-state index contributed by atoms with van der Waals surface area (Å²) < 4.78 is 0. The smallest absolute Gasteiger partial charge is 0.278 e. The summed E-state index contributed by atoms with van der Waals surface area (Å²) in [7, 11) is 0. The van der Waals surface area contributed by atoms with Gasteiger partial charge in [0.2, 0.25) is 6.10 Å². The van der Waals surface area contributed by atoms with Gasteiger partial charge in [-0.15, -0.1) is 0 Å². The summed E-state index contributed by atoms with van der Waals surface area (Å²) in [5.74, 6) is -0.231. The van der Waals surface area contributed by atoms with Gasteiger partial charge in [-0.25, -0.2) is 0 Å². The molecule has 0 saturated heterocycles. The van der Waals surface area contributed by atoms with E-state index >= 15 is 0 Å². The van der Waals surface area contributed by atoms with Crippen molar-refractivity contribution in [2.45, 2.75) is 31.4 Å². The van der Waals surface area contributed by atoms with Crippen molar-refractivity contribution >= 4 is 17.3 Å². The van der Waals surface area contributed by atoms with E-state index in [1.807, 2.05) is 12.2 Å². The Morgan fingerprint density at radius 3 is 2.77 bits per heavy atom. The average Bonchev–Trinajstić information content (AvgIpc) is 3.18. The molecule has 1 heterocycles. The standard InChI is InChI=1S/C15H15N3O4/c19-15(16-10-5-1-2-6-10)14-9-12(17-22-14)11-7-3-4-8-13(11)18(20)21/h1-4,7-8,10,14H,5-6,9H2,(H,16,19)/t14-/m1/s1. The molecule has 1 aliphatic heterocycles. The lowest BCUT2D eigenvalue weighted by Gasteiger charge is -2.14. The molecule has 114 valence electrons. The van der Waals surface area contributed by atoms with E-state index in [0.717, 1.165) is 12.8 Å². The first-order valence-corrected chi connectivity index (χ1v) is 7.07. The van der Waals surface area contributed by atoms with E-state index in [-0.39, 0.29) is 24.1 Å². The van der Waals surface area contributed by atoms with Gasteiger partial charge in [-0.2, -0.15) is 0 Å². The Kier molecular flexibility index (Phi) is 3.86. The zero-order chi connectivity index (χ0) is 15.5. The zero-order valence-corrected chi connectivity index (χ0v) is 11.8. The van der Waals surface area contributed by atoms with E-state index in [2.05, 4.69) is 10.5 Å². The molecule has 1 aromatic carbocycles. The number of rotatable bonds is 4. The van der Waals surface area contributed by atoms with Gasteiger partial charge in [0.15, 0.2) is 0 Å². The molecule has 0 spiro atoms. The molecule has 22 heavy (non-hydrogen) atoms. The van der Waals surface area contributed by atoms with Crippen molar-refractivity contribution in [1.29, 1.82) is 0 Å². The van der Waals surface area contributed by atoms with E-state index in [0.29, 0.717) is 11.3 Å². The summed E-state index contributed by atoms with van der Waals surface area (Å²) in [5, 5.41) is 17.8. The number of hydrogen-bond acceptors (Lipinski definition) is 5. The van der Waals surface area contributed by atoms with Crippen LogP contribution in [0.3, 0.4) is 0 Å². The predicted octanol–water partition coefficient (Wildman–Crippen LogP) is 1.92. The quantitative estimate of drug-likeness (QED) is 0.522. The van der Waals surface area contributed by atoms with Crippen LogP contribution >= 0.6 is 0 Å². The van der Waals surface area contributed by atoms with Gasteiger partial charge in [0.05, 0.1) is 16.2 Å². The van der Waals surface area contributed by atoms with Crippen LogP contribution in [0.1, 0.15) is 24.8 Å². The van der Waals surface area contributed by atoms with Gasteiger partial charge in [-0.1, -0.05) is 29.4 Å². The van der Waals surface area contributed by atoms with Gasteiger partial charge < -0.3 is 10.2 Å². The van der Waals surface area contributed by atoms with Crippen LogP contribution in [-0.2, 0) is 9.63 Å². The lowest BCUT2D eigenvalue weighted by molar-refractivity contribution is -0.385. The third-order valence-electron chi connectivity index (χ3n) is 3.73. The third-order valence-corrected chi connectivity index (χ3v) is 3.73. The Bertz CT molecular complexity index is 661. The van der Waals surface area contributed by atoms with E-state index in [1.165, 1.54) is 6.07 Å². The Morgan fingerprint density at radius 2 is 2.05 bits per heavy atom. The minimum absolute atomic E-state index is 0.0362. The number of carbonyl (C=O) groups is 1. The number of nitro benzene ring substituents is 1. The van der Waals surface area contributed by atoms with Crippen LogP contribution in [0.2, 0.25) is 0 Å². The van der Waals surface area contributed by atoms with Gasteiger partial charge in [0.25, 0.3) is 11.6 Å². The second-order valence-corrected chi connectivity index (χ2v) is 5.26. The number of benzene rings is 1. The first-order valence-electron chi connectivity index (χ1n) is 7.07. The molecule has 1 aromatic rings.